The lowest BCUT2D eigenvalue weighted by Gasteiger charge is -2.51. The van der Waals surface area contributed by atoms with Crippen LogP contribution in [0.4, 0.5) is 0 Å². The van der Waals surface area contributed by atoms with Crippen molar-refractivity contribution in [3.8, 4) is 5.75 Å². The maximum absolute atomic E-state index is 13.8. The van der Waals surface area contributed by atoms with Crippen LogP contribution in [0.1, 0.15) is 28.8 Å². The molecule has 1 fully saturated rings. The van der Waals surface area contributed by atoms with Gasteiger partial charge in [0.1, 0.15) is 5.75 Å². The Morgan fingerprint density at radius 3 is 2.77 bits per heavy atom. The molecule has 0 bridgehead atoms. The maximum Gasteiger partial charge on any atom is 0.154 e. The number of rotatable bonds is 5. The van der Waals surface area contributed by atoms with Crippen molar-refractivity contribution in [2.45, 2.75) is 37.1 Å². The Labute approximate surface area is 214 Å². The van der Waals surface area contributed by atoms with Gasteiger partial charge in [0.15, 0.2) is 5.78 Å². The fourth-order valence-corrected chi connectivity index (χ4v) is 6.82. The summed E-state index contributed by atoms with van der Waals surface area (Å²) in [6.07, 6.45) is 3.19. The Bertz CT molecular complexity index is 1400. The molecule has 0 amide bonds. The average Bonchev–Trinajstić information content (AvgIpc) is 3.23. The number of methoxy groups -OCH3 is 1. The van der Waals surface area contributed by atoms with Gasteiger partial charge in [-0.2, -0.15) is 0 Å². The lowest BCUT2D eigenvalue weighted by molar-refractivity contribution is -0.123. The third-order valence-electron chi connectivity index (χ3n) is 8.13. The van der Waals surface area contributed by atoms with E-state index in [9.17, 15) is 4.79 Å². The lowest BCUT2D eigenvalue weighted by atomic mass is 9.56. The molecular formula is C30H29BrN2O2. The van der Waals surface area contributed by atoms with Crippen LogP contribution >= 0.6 is 15.9 Å². The third-order valence-corrected chi connectivity index (χ3v) is 8.63. The molecule has 3 atom stereocenters. The van der Waals surface area contributed by atoms with Gasteiger partial charge in [-0.05, 0) is 78.7 Å². The quantitative estimate of drug-likeness (QED) is 0.346. The van der Waals surface area contributed by atoms with Crippen LogP contribution in [-0.2, 0) is 29.5 Å². The number of nitrogens with one attached hydrogen (secondary N) is 2. The molecule has 1 saturated heterocycles. The van der Waals surface area contributed by atoms with E-state index in [2.05, 4.69) is 62.6 Å². The Kier molecular flexibility index (Phi) is 5.78. The van der Waals surface area contributed by atoms with E-state index >= 15 is 0 Å². The highest BCUT2D eigenvalue weighted by atomic mass is 79.9. The highest BCUT2D eigenvalue weighted by molar-refractivity contribution is 9.10. The molecule has 0 spiro atoms. The van der Waals surface area contributed by atoms with Gasteiger partial charge < -0.3 is 15.0 Å². The van der Waals surface area contributed by atoms with Gasteiger partial charge in [-0.15, -0.1) is 0 Å². The molecule has 2 unspecified atom stereocenters. The molecule has 2 heterocycles. The summed E-state index contributed by atoms with van der Waals surface area (Å²) in [6.45, 7) is 0.819. The summed E-state index contributed by atoms with van der Waals surface area (Å²) in [7, 11) is 1.72. The van der Waals surface area contributed by atoms with Crippen molar-refractivity contribution in [1.82, 2.24) is 10.3 Å². The molecular weight excluding hydrogens is 500 g/mol. The first-order valence-electron chi connectivity index (χ1n) is 12.3. The Hall–Kier alpha value is -2.89. The number of Topliss-reactive ketones (excluding diaryl/α,β-unsaturated/α-hetero) is 1. The van der Waals surface area contributed by atoms with Crippen molar-refractivity contribution in [2.75, 3.05) is 13.7 Å². The summed E-state index contributed by atoms with van der Waals surface area (Å²) in [5.41, 5.74) is 6.02. The SMILES string of the molecule is COc1cccc([C@]23CCNC(C(=O)Cc4ccccc4)C2Cc2c([nH]c4ccc(Br)cc24)C3)c1. The number of ether oxygens (including phenoxy) is 1. The normalized spacial score (nSPS) is 23.5. The van der Waals surface area contributed by atoms with Gasteiger partial charge in [-0.25, -0.2) is 0 Å². The largest absolute Gasteiger partial charge is 0.497 e. The van der Waals surface area contributed by atoms with Crippen molar-refractivity contribution in [3.63, 3.8) is 0 Å². The fraction of sp³-hybridized carbons (Fsp3) is 0.300. The van der Waals surface area contributed by atoms with Crippen molar-refractivity contribution in [3.05, 3.63) is 99.7 Å². The van der Waals surface area contributed by atoms with E-state index in [1.807, 2.05) is 36.4 Å². The topological polar surface area (TPSA) is 54.1 Å². The molecule has 178 valence electrons. The molecule has 1 aliphatic carbocycles. The number of carbonyl (C=O) groups excluding carboxylic acids is 1. The first-order chi connectivity index (χ1) is 17.1. The minimum absolute atomic E-state index is 0.137. The number of aromatic amines is 1. The summed E-state index contributed by atoms with van der Waals surface area (Å²) in [5, 5.41) is 4.90. The van der Waals surface area contributed by atoms with Crippen LogP contribution in [0.25, 0.3) is 10.9 Å². The van der Waals surface area contributed by atoms with Crippen molar-refractivity contribution in [2.24, 2.45) is 5.92 Å². The van der Waals surface area contributed by atoms with E-state index in [1.165, 1.54) is 22.2 Å². The number of ketones is 1. The van der Waals surface area contributed by atoms with Crippen LogP contribution in [0.3, 0.4) is 0 Å². The maximum atomic E-state index is 13.8. The first-order valence-corrected chi connectivity index (χ1v) is 13.1. The van der Waals surface area contributed by atoms with Crippen LogP contribution in [0.2, 0.25) is 0 Å². The number of hydrogen-bond acceptors (Lipinski definition) is 3. The van der Waals surface area contributed by atoms with Crippen LogP contribution < -0.4 is 10.1 Å². The van der Waals surface area contributed by atoms with Crippen LogP contribution in [0, 0.1) is 5.92 Å². The highest BCUT2D eigenvalue weighted by Gasteiger charge is 2.51. The van der Waals surface area contributed by atoms with Gasteiger partial charge >= 0.3 is 0 Å². The molecule has 1 aromatic heterocycles. The molecule has 5 heteroatoms. The minimum atomic E-state index is -0.194. The molecule has 0 radical (unpaired) electrons. The van der Waals surface area contributed by atoms with Crippen molar-refractivity contribution >= 4 is 32.6 Å². The lowest BCUT2D eigenvalue weighted by Crippen LogP contribution is -2.60. The van der Waals surface area contributed by atoms with Gasteiger partial charge in [0, 0.05) is 32.9 Å². The van der Waals surface area contributed by atoms with Crippen LogP contribution in [0.15, 0.2) is 77.3 Å². The Morgan fingerprint density at radius 1 is 1.09 bits per heavy atom. The highest BCUT2D eigenvalue weighted by Crippen LogP contribution is 2.50. The second-order valence-corrected chi connectivity index (χ2v) is 10.9. The number of H-pyrrole nitrogens is 1. The summed E-state index contributed by atoms with van der Waals surface area (Å²) >= 11 is 3.65. The van der Waals surface area contributed by atoms with Crippen molar-refractivity contribution < 1.29 is 9.53 Å². The Balaban J connectivity index is 1.47. The molecule has 2 aliphatic rings. The summed E-state index contributed by atoms with van der Waals surface area (Å²) < 4.78 is 6.69. The van der Waals surface area contributed by atoms with Crippen molar-refractivity contribution in [1.29, 1.82) is 0 Å². The van der Waals surface area contributed by atoms with Gasteiger partial charge in [-0.3, -0.25) is 4.79 Å². The Morgan fingerprint density at radius 2 is 1.94 bits per heavy atom. The molecule has 3 aromatic carbocycles. The van der Waals surface area contributed by atoms with Gasteiger partial charge in [0.25, 0.3) is 0 Å². The van der Waals surface area contributed by atoms with E-state index in [0.29, 0.717) is 6.42 Å². The summed E-state index contributed by atoms with van der Waals surface area (Å²) in [6, 6.07) is 24.9. The number of piperidine rings is 1. The number of carbonyl (C=O) groups is 1. The van der Waals surface area contributed by atoms with Gasteiger partial charge in [-0.1, -0.05) is 58.4 Å². The van der Waals surface area contributed by atoms with Crippen LogP contribution in [-0.4, -0.2) is 30.5 Å². The zero-order chi connectivity index (χ0) is 24.0. The number of aromatic nitrogens is 1. The first kappa shape index (κ1) is 22.6. The fourth-order valence-electron chi connectivity index (χ4n) is 6.46. The number of hydrogen-bond donors (Lipinski definition) is 2. The molecule has 4 aromatic rings. The van der Waals surface area contributed by atoms with Crippen LogP contribution in [0.5, 0.6) is 5.75 Å². The van der Waals surface area contributed by atoms with Gasteiger partial charge in [0.05, 0.1) is 13.2 Å². The van der Waals surface area contributed by atoms with E-state index < -0.39 is 0 Å². The number of fused-ring (bicyclic) bond motifs is 4. The standard InChI is InChI=1S/C30H29BrN2O2/c1-35-22-9-5-8-20(15-22)30-12-13-32-29(28(34)14-19-6-3-2-4-7-19)25(30)17-24-23-16-21(31)10-11-26(23)33-27(24)18-30/h2-11,15-16,25,29,32-33H,12-14,17-18H2,1H3/t25?,29?,30-/m1/s1. The zero-order valence-electron chi connectivity index (χ0n) is 19.8. The minimum Gasteiger partial charge on any atom is -0.497 e. The molecule has 6 rings (SSSR count). The average molecular weight is 529 g/mol. The van der Waals surface area contributed by atoms with E-state index in [1.54, 1.807) is 7.11 Å². The summed E-state index contributed by atoms with van der Waals surface area (Å²) in [4.78, 5) is 17.5. The molecule has 4 nitrogen and oxygen atoms in total. The van der Waals surface area contributed by atoms with E-state index in [0.717, 1.165) is 47.1 Å². The second kappa shape index (κ2) is 8.96. The molecule has 35 heavy (non-hydrogen) atoms. The predicted octanol–water partition coefficient (Wildman–Crippen LogP) is 5.77. The smallest absolute Gasteiger partial charge is 0.154 e. The second-order valence-electron chi connectivity index (χ2n) is 9.96. The number of benzene rings is 3. The van der Waals surface area contributed by atoms with E-state index in [4.69, 9.17) is 4.74 Å². The van der Waals surface area contributed by atoms with Gasteiger partial charge in [0.2, 0.25) is 0 Å². The molecule has 1 aliphatic heterocycles. The third kappa shape index (κ3) is 3.91. The molecule has 0 saturated carbocycles. The predicted molar refractivity (Wildman–Crippen MR) is 143 cm³/mol. The monoisotopic (exact) mass is 528 g/mol. The number of halogens is 1. The molecule has 2 N–H and O–H groups in total. The van der Waals surface area contributed by atoms with E-state index in [-0.39, 0.29) is 23.2 Å². The zero-order valence-corrected chi connectivity index (χ0v) is 21.4. The summed E-state index contributed by atoms with van der Waals surface area (Å²) in [5.74, 6) is 1.30.